The van der Waals surface area contributed by atoms with Gasteiger partial charge in [0.1, 0.15) is 0 Å². The third kappa shape index (κ3) is 2.74. The molecule has 3 unspecified atom stereocenters. The SMILES string of the molecule is CN1C2CCC1CC(NC1CCSc3ccc(Cl)cc31)C2. The number of halogens is 1. The summed E-state index contributed by atoms with van der Waals surface area (Å²) in [5.74, 6) is 1.21. The van der Waals surface area contributed by atoms with Gasteiger partial charge in [-0.15, -0.1) is 11.8 Å². The molecule has 4 heteroatoms. The molecular formula is C17H23ClN2S. The second kappa shape index (κ2) is 5.77. The van der Waals surface area contributed by atoms with E-state index in [1.807, 2.05) is 17.8 Å². The van der Waals surface area contributed by atoms with Crippen LogP contribution in [0.1, 0.15) is 43.7 Å². The molecule has 1 aromatic carbocycles. The summed E-state index contributed by atoms with van der Waals surface area (Å²) in [5, 5.41) is 4.83. The predicted octanol–water partition coefficient (Wildman–Crippen LogP) is 4.09. The molecule has 21 heavy (non-hydrogen) atoms. The quantitative estimate of drug-likeness (QED) is 0.882. The topological polar surface area (TPSA) is 15.3 Å². The molecule has 2 nitrogen and oxygen atoms in total. The Hall–Kier alpha value is -0.220. The number of hydrogen-bond donors (Lipinski definition) is 1. The number of piperidine rings is 1. The molecule has 3 atom stereocenters. The first-order valence-electron chi connectivity index (χ1n) is 8.11. The molecule has 0 aromatic heterocycles. The van der Waals surface area contributed by atoms with Gasteiger partial charge in [0, 0.05) is 34.1 Å². The van der Waals surface area contributed by atoms with Crippen LogP contribution in [0.25, 0.3) is 0 Å². The normalized spacial score (nSPS) is 35.7. The minimum Gasteiger partial charge on any atom is -0.307 e. The Bertz CT molecular complexity index is 522. The maximum absolute atomic E-state index is 6.22. The second-order valence-electron chi connectivity index (χ2n) is 6.76. The number of hydrogen-bond acceptors (Lipinski definition) is 3. The van der Waals surface area contributed by atoms with Crippen molar-refractivity contribution in [3.63, 3.8) is 0 Å². The van der Waals surface area contributed by atoms with Gasteiger partial charge in [0.25, 0.3) is 0 Å². The summed E-state index contributed by atoms with van der Waals surface area (Å²) in [6.45, 7) is 0. The van der Waals surface area contributed by atoms with Gasteiger partial charge in [-0.25, -0.2) is 0 Å². The Kier molecular flexibility index (Phi) is 3.95. The van der Waals surface area contributed by atoms with Crippen LogP contribution in [0.2, 0.25) is 5.02 Å². The third-order valence-electron chi connectivity index (χ3n) is 5.55. The van der Waals surface area contributed by atoms with Crippen molar-refractivity contribution in [1.82, 2.24) is 10.2 Å². The van der Waals surface area contributed by atoms with Crippen LogP contribution in [0.3, 0.4) is 0 Å². The zero-order valence-corrected chi connectivity index (χ0v) is 14.1. The van der Waals surface area contributed by atoms with E-state index in [-0.39, 0.29) is 0 Å². The fourth-order valence-corrected chi connectivity index (χ4v) is 5.66. The molecule has 0 saturated carbocycles. The smallest absolute Gasteiger partial charge is 0.0410 e. The highest BCUT2D eigenvalue weighted by atomic mass is 35.5. The van der Waals surface area contributed by atoms with E-state index in [9.17, 15) is 0 Å². The summed E-state index contributed by atoms with van der Waals surface area (Å²) in [7, 11) is 2.31. The van der Waals surface area contributed by atoms with Crippen molar-refractivity contribution in [1.29, 1.82) is 0 Å². The molecule has 114 valence electrons. The number of rotatable bonds is 2. The van der Waals surface area contributed by atoms with Crippen molar-refractivity contribution in [3.8, 4) is 0 Å². The lowest BCUT2D eigenvalue weighted by atomic mass is 9.95. The highest BCUT2D eigenvalue weighted by Crippen LogP contribution is 2.40. The third-order valence-corrected chi connectivity index (χ3v) is 6.90. The van der Waals surface area contributed by atoms with Gasteiger partial charge in [-0.1, -0.05) is 11.6 Å². The number of thioether (sulfide) groups is 1. The van der Waals surface area contributed by atoms with Crippen LogP contribution in [0.15, 0.2) is 23.1 Å². The van der Waals surface area contributed by atoms with E-state index in [0.29, 0.717) is 12.1 Å². The minimum absolute atomic E-state index is 0.493. The number of nitrogens with one attached hydrogen (secondary N) is 1. The minimum atomic E-state index is 0.493. The van der Waals surface area contributed by atoms with E-state index in [0.717, 1.165) is 17.1 Å². The molecule has 0 amide bonds. The zero-order valence-electron chi connectivity index (χ0n) is 12.5. The van der Waals surface area contributed by atoms with Crippen LogP contribution in [0.4, 0.5) is 0 Å². The van der Waals surface area contributed by atoms with Crippen LogP contribution in [-0.2, 0) is 0 Å². The summed E-state index contributed by atoms with van der Waals surface area (Å²) < 4.78 is 0. The Morgan fingerprint density at radius 2 is 1.95 bits per heavy atom. The van der Waals surface area contributed by atoms with Gasteiger partial charge in [0.05, 0.1) is 0 Å². The maximum Gasteiger partial charge on any atom is 0.0410 e. The molecule has 4 rings (SSSR count). The van der Waals surface area contributed by atoms with Gasteiger partial charge in [0.15, 0.2) is 0 Å². The largest absolute Gasteiger partial charge is 0.307 e. The number of nitrogens with zero attached hydrogens (tertiary/aromatic N) is 1. The molecule has 0 spiro atoms. The van der Waals surface area contributed by atoms with Crippen LogP contribution >= 0.6 is 23.4 Å². The monoisotopic (exact) mass is 322 g/mol. The van der Waals surface area contributed by atoms with Crippen molar-refractivity contribution in [3.05, 3.63) is 28.8 Å². The van der Waals surface area contributed by atoms with E-state index >= 15 is 0 Å². The summed E-state index contributed by atoms with van der Waals surface area (Å²) >= 11 is 8.19. The lowest BCUT2D eigenvalue weighted by Gasteiger charge is -2.39. The van der Waals surface area contributed by atoms with E-state index in [1.54, 1.807) is 0 Å². The first-order chi connectivity index (χ1) is 10.2. The molecule has 0 aliphatic carbocycles. The highest BCUT2D eigenvalue weighted by molar-refractivity contribution is 7.99. The first kappa shape index (κ1) is 14.4. The van der Waals surface area contributed by atoms with Crippen LogP contribution < -0.4 is 5.32 Å². The van der Waals surface area contributed by atoms with Crippen molar-refractivity contribution >= 4 is 23.4 Å². The van der Waals surface area contributed by atoms with Gasteiger partial charge >= 0.3 is 0 Å². The average Bonchev–Trinajstić information content (AvgIpc) is 2.71. The summed E-state index contributed by atoms with van der Waals surface area (Å²) in [6, 6.07) is 9.16. The maximum atomic E-state index is 6.22. The fraction of sp³-hybridized carbons (Fsp3) is 0.647. The lowest BCUT2D eigenvalue weighted by Crippen LogP contribution is -2.48. The molecule has 2 saturated heterocycles. The van der Waals surface area contributed by atoms with Crippen molar-refractivity contribution in [2.45, 2.75) is 61.2 Å². The first-order valence-corrected chi connectivity index (χ1v) is 9.47. The molecular weight excluding hydrogens is 300 g/mol. The molecule has 1 N–H and O–H groups in total. The molecule has 1 aromatic rings. The van der Waals surface area contributed by atoms with E-state index < -0.39 is 0 Å². The fourth-order valence-electron chi connectivity index (χ4n) is 4.37. The molecule has 0 radical (unpaired) electrons. The zero-order chi connectivity index (χ0) is 14.4. The van der Waals surface area contributed by atoms with E-state index in [4.69, 9.17) is 11.6 Å². The standard InChI is InChI=1S/C17H23ClN2S/c1-20-13-3-4-14(20)10-12(9-13)19-16-6-7-21-17-5-2-11(18)8-15(16)17/h2,5,8,12-14,16,19H,3-4,6-7,9-10H2,1H3. The van der Waals surface area contributed by atoms with Crippen molar-refractivity contribution < 1.29 is 0 Å². The summed E-state index contributed by atoms with van der Waals surface area (Å²) in [6.07, 6.45) is 6.63. The van der Waals surface area contributed by atoms with Gasteiger partial charge in [-0.2, -0.15) is 0 Å². The Morgan fingerprint density at radius 3 is 2.71 bits per heavy atom. The molecule has 2 fully saturated rings. The van der Waals surface area contributed by atoms with Crippen LogP contribution in [-0.4, -0.2) is 35.8 Å². The predicted molar refractivity (Wildman–Crippen MR) is 90.3 cm³/mol. The van der Waals surface area contributed by atoms with Gasteiger partial charge in [-0.3, -0.25) is 0 Å². The average molecular weight is 323 g/mol. The van der Waals surface area contributed by atoms with Gasteiger partial charge < -0.3 is 10.2 Å². The Labute approximate surface area is 136 Å². The van der Waals surface area contributed by atoms with Gasteiger partial charge in [-0.05, 0) is 68.7 Å². The van der Waals surface area contributed by atoms with Crippen molar-refractivity contribution in [2.24, 2.45) is 0 Å². The summed E-state index contributed by atoms with van der Waals surface area (Å²) in [4.78, 5) is 4.03. The van der Waals surface area contributed by atoms with Gasteiger partial charge in [0.2, 0.25) is 0 Å². The molecule has 2 bridgehead atoms. The summed E-state index contributed by atoms with van der Waals surface area (Å²) in [5.41, 5.74) is 1.42. The molecule has 3 aliphatic heterocycles. The lowest BCUT2D eigenvalue weighted by molar-refractivity contribution is 0.142. The van der Waals surface area contributed by atoms with E-state index in [1.165, 1.54) is 48.3 Å². The Morgan fingerprint density at radius 1 is 1.19 bits per heavy atom. The Balaban J connectivity index is 1.50. The molecule has 3 heterocycles. The van der Waals surface area contributed by atoms with E-state index in [2.05, 4.69) is 29.4 Å². The van der Waals surface area contributed by atoms with Crippen molar-refractivity contribution in [2.75, 3.05) is 12.8 Å². The van der Waals surface area contributed by atoms with Crippen LogP contribution in [0.5, 0.6) is 0 Å². The number of benzene rings is 1. The molecule has 3 aliphatic rings. The number of fused-ring (bicyclic) bond motifs is 3. The highest BCUT2D eigenvalue weighted by Gasteiger charge is 2.39. The second-order valence-corrected chi connectivity index (χ2v) is 8.33. The van der Waals surface area contributed by atoms with Crippen LogP contribution in [0, 0.1) is 0 Å².